The van der Waals surface area contributed by atoms with E-state index in [0.29, 0.717) is 11.4 Å². The van der Waals surface area contributed by atoms with Gasteiger partial charge in [0.15, 0.2) is 0 Å². The van der Waals surface area contributed by atoms with Crippen molar-refractivity contribution in [2.75, 3.05) is 18.9 Å². The maximum Gasteiger partial charge on any atom is 0.326 e. The fourth-order valence-electron chi connectivity index (χ4n) is 8.06. The summed E-state index contributed by atoms with van der Waals surface area (Å²) in [6, 6.07) is -14.9. The van der Waals surface area contributed by atoms with Crippen LogP contribution in [0.15, 0.2) is 25.0 Å². The average molecular weight is 1240 g/mol. The van der Waals surface area contributed by atoms with Gasteiger partial charge in [0.05, 0.1) is 38.3 Å². The summed E-state index contributed by atoms with van der Waals surface area (Å²) in [5.74, 6) is -15.7. The van der Waals surface area contributed by atoms with Crippen molar-refractivity contribution in [3.63, 3.8) is 0 Å². The molecule has 0 aliphatic carbocycles. The number of carboxylic acid groups (broad SMARTS) is 2. The van der Waals surface area contributed by atoms with Gasteiger partial charge < -0.3 is 95.7 Å². The van der Waals surface area contributed by atoms with E-state index in [9.17, 15) is 77.3 Å². The van der Waals surface area contributed by atoms with Crippen molar-refractivity contribution in [1.29, 1.82) is 0 Å². The number of aromatic nitrogens is 4. The molecule has 0 aliphatic heterocycles. The molecule has 12 amide bonds. The highest BCUT2D eigenvalue weighted by molar-refractivity contribution is 7.80. The van der Waals surface area contributed by atoms with Gasteiger partial charge in [0.2, 0.25) is 70.9 Å². The minimum atomic E-state index is -1.75. The first-order chi connectivity index (χ1) is 40.3. The lowest BCUT2D eigenvalue weighted by Gasteiger charge is -2.28. The van der Waals surface area contributed by atoms with Crippen LogP contribution in [0.1, 0.15) is 97.9 Å². The molecule has 2 rings (SSSR count). The van der Waals surface area contributed by atoms with Gasteiger partial charge in [-0.3, -0.25) is 62.3 Å². The van der Waals surface area contributed by atoms with Crippen molar-refractivity contribution in [2.24, 2.45) is 35.0 Å². The highest BCUT2D eigenvalue weighted by Gasteiger charge is 2.36. The van der Waals surface area contributed by atoms with Crippen LogP contribution >= 0.6 is 12.6 Å². The number of imidazole rings is 2. The molecule has 2 aromatic rings. The van der Waals surface area contributed by atoms with Gasteiger partial charge in [-0.1, -0.05) is 41.5 Å². The quantitative estimate of drug-likeness (QED) is 0.0276. The van der Waals surface area contributed by atoms with Gasteiger partial charge in [-0.2, -0.15) is 12.6 Å². The molecule has 0 bridgehead atoms. The number of aliphatic carboxylic acids is 2. The molecule has 2 heterocycles. The number of thiol groups is 1. The Bertz CT molecular complexity index is 2660. The zero-order valence-corrected chi connectivity index (χ0v) is 49.3. The number of H-pyrrole nitrogens is 2. The van der Waals surface area contributed by atoms with Crippen molar-refractivity contribution >= 4 is 95.5 Å². The molecule has 0 radical (unpaired) electrons. The molecule has 34 nitrogen and oxygen atoms in total. The van der Waals surface area contributed by atoms with E-state index in [1.165, 1.54) is 25.0 Å². The first kappa shape index (κ1) is 73.4. The molecule has 21 N–H and O–H groups in total. The first-order valence-electron chi connectivity index (χ1n) is 27.3. The first-order valence-corrected chi connectivity index (χ1v) is 27.9. The molecule has 0 aromatic carbocycles. The van der Waals surface area contributed by atoms with Gasteiger partial charge >= 0.3 is 11.9 Å². The van der Waals surface area contributed by atoms with Crippen LogP contribution in [0.5, 0.6) is 0 Å². The maximum atomic E-state index is 14.0. The SMILES string of the molecule is CC(C)C[C@H](NC(=O)[C@H](Cc1cnc[nH]1)NC(=O)[C@H](CCC(N)=O)NC(=O)[C@@H](N)CC(N)=O)C(=O)N[C@@H](CS)C(=O)NCC(=O)N[C@@H](CO)C(=O)N[C@@H](Cc1cnc[nH]1)C(=O)N[C@@H](CC(C)C)C(=O)N[C@H](C(=O)N[C@@H](CCC(=O)O)C(=O)O)C(C)C. The van der Waals surface area contributed by atoms with Crippen molar-refractivity contribution in [3.05, 3.63) is 36.4 Å². The second-order valence-electron chi connectivity index (χ2n) is 21.2. The second-order valence-corrected chi connectivity index (χ2v) is 21.6. The second kappa shape index (κ2) is 36.9. The zero-order chi connectivity index (χ0) is 65.0. The molecule has 0 saturated heterocycles. The van der Waals surface area contributed by atoms with Crippen molar-refractivity contribution in [2.45, 2.75) is 160 Å². The Morgan fingerprint density at radius 2 is 0.953 bits per heavy atom. The summed E-state index contributed by atoms with van der Waals surface area (Å²) in [7, 11) is 0. The number of nitrogens with two attached hydrogens (primary N) is 3. The molecule has 2 aromatic heterocycles. The Morgan fingerprint density at radius 1 is 0.523 bits per heavy atom. The van der Waals surface area contributed by atoms with Crippen LogP contribution in [0.25, 0.3) is 0 Å². The number of nitrogens with zero attached hydrogens (tertiary/aromatic N) is 2. The third-order valence-electron chi connectivity index (χ3n) is 12.6. The third-order valence-corrected chi connectivity index (χ3v) is 12.9. The summed E-state index contributed by atoms with van der Waals surface area (Å²) in [4.78, 5) is 195. The summed E-state index contributed by atoms with van der Waals surface area (Å²) in [5, 5.41) is 53.0. The highest BCUT2D eigenvalue weighted by atomic mass is 32.1. The minimum absolute atomic E-state index is 0.0125. The number of aliphatic hydroxyl groups is 1. The lowest BCUT2D eigenvalue weighted by atomic mass is 9.99. The van der Waals surface area contributed by atoms with Crippen molar-refractivity contribution in [1.82, 2.24) is 73.1 Å². The number of aromatic amines is 2. The number of hydrogen-bond acceptors (Lipinski definition) is 19. The number of primary amides is 2. The lowest BCUT2D eigenvalue weighted by Crippen LogP contribution is -2.61. The van der Waals surface area contributed by atoms with Crippen molar-refractivity contribution in [3.8, 4) is 0 Å². The van der Waals surface area contributed by atoms with Crippen LogP contribution in [-0.4, -0.2) is 197 Å². The molecule has 0 spiro atoms. The van der Waals surface area contributed by atoms with Gasteiger partial charge in [0.25, 0.3) is 0 Å². The van der Waals surface area contributed by atoms with Gasteiger partial charge in [-0.15, -0.1) is 0 Å². The molecular weight excluding hydrogens is 1150 g/mol. The Kier molecular flexibility index (Phi) is 31.4. The van der Waals surface area contributed by atoms with Crippen LogP contribution < -0.4 is 70.4 Å². The summed E-state index contributed by atoms with van der Waals surface area (Å²) >= 11 is 4.18. The molecule has 0 aliphatic rings. The van der Waals surface area contributed by atoms with Crippen LogP contribution in [0.4, 0.5) is 0 Å². The molecule has 0 fully saturated rings. The number of hydrogen-bond donors (Lipinski definition) is 19. The van der Waals surface area contributed by atoms with Gasteiger partial charge in [0, 0.05) is 55.2 Å². The summed E-state index contributed by atoms with van der Waals surface area (Å²) in [6.45, 7) is 8.12. The number of aliphatic hydroxyl groups excluding tert-OH is 1. The normalized spacial score (nSPS) is 14.7. The molecule has 478 valence electrons. The summed E-state index contributed by atoms with van der Waals surface area (Å²) in [5.41, 5.74) is 16.8. The van der Waals surface area contributed by atoms with E-state index < -0.39 is 188 Å². The predicted octanol–water partition coefficient (Wildman–Crippen LogP) is -6.51. The van der Waals surface area contributed by atoms with Crippen LogP contribution in [-0.2, 0) is 80.0 Å². The number of carbonyl (C=O) groups is 14. The molecule has 86 heavy (non-hydrogen) atoms. The summed E-state index contributed by atoms with van der Waals surface area (Å²) in [6.07, 6.45) is 2.34. The number of carboxylic acids is 2. The smallest absolute Gasteiger partial charge is 0.326 e. The minimum Gasteiger partial charge on any atom is -0.481 e. The van der Waals surface area contributed by atoms with E-state index in [1.54, 1.807) is 41.5 Å². The fraction of sp³-hybridized carbons (Fsp3) is 0.608. The highest BCUT2D eigenvalue weighted by Crippen LogP contribution is 2.13. The Balaban J connectivity index is 2.24. The van der Waals surface area contributed by atoms with Crippen molar-refractivity contribution < 1.29 is 82.4 Å². The van der Waals surface area contributed by atoms with E-state index in [0.717, 1.165) is 0 Å². The molecule has 0 saturated carbocycles. The Morgan fingerprint density at radius 3 is 1.37 bits per heavy atom. The molecule has 35 heteroatoms. The van der Waals surface area contributed by atoms with E-state index >= 15 is 0 Å². The van der Waals surface area contributed by atoms with Crippen LogP contribution in [0.3, 0.4) is 0 Å². The average Bonchev–Trinajstić information content (AvgIpc) is 4.10. The number of amides is 12. The lowest BCUT2D eigenvalue weighted by molar-refractivity contribution is -0.144. The van der Waals surface area contributed by atoms with E-state index in [1.807, 2.05) is 0 Å². The van der Waals surface area contributed by atoms with Crippen LogP contribution in [0, 0.1) is 17.8 Å². The third kappa shape index (κ3) is 26.9. The topological polar surface area (TPSA) is 555 Å². The number of carbonyl (C=O) groups excluding carboxylic acids is 12. The monoisotopic (exact) mass is 1240 g/mol. The largest absolute Gasteiger partial charge is 0.481 e. The molecule has 10 atom stereocenters. The summed E-state index contributed by atoms with van der Waals surface area (Å²) < 4.78 is 0. The standard InChI is InChI=1S/C51H81N17O17S/c1-23(2)11-31(63-46(79)33(13-26-16-55-21-58-26)65-44(77)29(7-9-37(53)70)61-42(75)28(52)15-38(54)71)45(78)67-36(20-86)43(76)57-18-39(72)60-35(19-69)49(82)66-34(14-27-17-56-22-59-27)47(80)64-32(12-24(3)4)48(81)68-41(25(5)6)50(83)62-30(51(84)85)8-10-40(73)74/h16-17,21-25,28-36,41,69,86H,7-15,18-20,52H2,1-6H3,(H2,53,70)(H2,54,71)(H,55,58)(H,56,59)(H,57,76)(H,60,72)(H,61,75)(H,62,83)(H,63,79)(H,64,80)(H,65,77)(H,66,82)(H,67,78)(H,68,81)(H,73,74)(H,84,85)/t28-,29-,30-,31-,32-,33-,34-,35-,36-,41-/m0/s1. The van der Waals surface area contributed by atoms with Gasteiger partial charge in [0.1, 0.15) is 54.4 Å². The fourth-order valence-corrected chi connectivity index (χ4v) is 8.32. The number of rotatable bonds is 40. The molecular formula is C51H81N17O17S. The maximum absolute atomic E-state index is 14.0. The zero-order valence-electron chi connectivity index (χ0n) is 48.4. The van der Waals surface area contributed by atoms with Crippen LogP contribution in [0.2, 0.25) is 0 Å². The molecule has 0 unspecified atom stereocenters. The van der Waals surface area contributed by atoms with Gasteiger partial charge in [-0.05, 0) is 43.4 Å². The van der Waals surface area contributed by atoms with E-state index in [2.05, 4.69) is 85.7 Å². The predicted molar refractivity (Wildman–Crippen MR) is 304 cm³/mol. The Labute approximate surface area is 499 Å². The van der Waals surface area contributed by atoms with E-state index in [-0.39, 0.29) is 49.7 Å². The van der Waals surface area contributed by atoms with Gasteiger partial charge in [-0.25, -0.2) is 14.8 Å². The van der Waals surface area contributed by atoms with E-state index in [4.69, 9.17) is 22.3 Å². The number of nitrogens with one attached hydrogen (secondary N) is 12. The Hall–Kier alpha value is -8.73.